The Bertz CT molecular complexity index is 496. The summed E-state index contributed by atoms with van der Waals surface area (Å²) in [7, 11) is 0. The van der Waals surface area contributed by atoms with Gasteiger partial charge in [-0.05, 0) is 56.8 Å². The molecule has 0 amide bonds. The van der Waals surface area contributed by atoms with Crippen LogP contribution in [0.1, 0.15) is 67.8 Å². The summed E-state index contributed by atoms with van der Waals surface area (Å²) in [5.41, 5.74) is 2.02. The Labute approximate surface area is 128 Å². The molecule has 1 aromatic rings. The van der Waals surface area contributed by atoms with E-state index in [0.29, 0.717) is 5.78 Å². The van der Waals surface area contributed by atoms with Gasteiger partial charge in [0, 0.05) is 5.56 Å². The first-order valence-corrected chi connectivity index (χ1v) is 8.65. The van der Waals surface area contributed by atoms with E-state index in [4.69, 9.17) is 0 Å². The summed E-state index contributed by atoms with van der Waals surface area (Å²) < 4.78 is 0. The smallest absolute Gasteiger partial charge is 0.183 e. The molecule has 0 aromatic heterocycles. The second kappa shape index (κ2) is 6.31. The number of benzene rings is 1. The monoisotopic (exact) mass is 285 g/mol. The molecule has 0 unspecified atom stereocenters. The number of piperidine rings is 1. The third-order valence-electron chi connectivity index (χ3n) is 5.41. The van der Waals surface area contributed by atoms with Crippen molar-refractivity contribution in [2.75, 3.05) is 13.1 Å². The zero-order valence-electron chi connectivity index (χ0n) is 13.2. The van der Waals surface area contributed by atoms with Gasteiger partial charge in [-0.25, -0.2) is 0 Å². The maximum absolute atomic E-state index is 13.3. The average Bonchev–Trinajstić information content (AvgIpc) is 3.06. The number of carbonyl (C=O) groups is 1. The van der Waals surface area contributed by atoms with E-state index in [-0.39, 0.29) is 5.54 Å². The lowest BCUT2D eigenvalue weighted by Gasteiger charge is -2.42. The summed E-state index contributed by atoms with van der Waals surface area (Å²) in [5, 5.41) is 0. The van der Waals surface area contributed by atoms with Gasteiger partial charge in [-0.15, -0.1) is 0 Å². The molecule has 1 heterocycles. The molecule has 0 radical (unpaired) electrons. The quantitative estimate of drug-likeness (QED) is 0.772. The van der Waals surface area contributed by atoms with Gasteiger partial charge in [0.2, 0.25) is 0 Å². The second-order valence-electron chi connectivity index (χ2n) is 6.67. The standard InChI is InChI=1S/C19H27NO/c1-2-16-9-8-10-17(15-16)18(21)19(11-4-5-12-19)20-13-6-3-7-14-20/h8-10,15H,2-7,11-14H2,1H3. The minimum atomic E-state index is -0.188. The van der Waals surface area contributed by atoms with E-state index in [9.17, 15) is 4.79 Å². The normalized spacial score (nSPS) is 22.3. The number of hydrogen-bond donors (Lipinski definition) is 0. The van der Waals surface area contributed by atoms with Crippen LogP contribution in [0.15, 0.2) is 24.3 Å². The van der Waals surface area contributed by atoms with E-state index in [2.05, 4.69) is 24.0 Å². The fourth-order valence-corrected chi connectivity index (χ4v) is 4.17. The number of ketones is 1. The van der Waals surface area contributed by atoms with Crippen molar-refractivity contribution in [3.05, 3.63) is 35.4 Å². The Morgan fingerprint density at radius 3 is 2.48 bits per heavy atom. The highest BCUT2D eigenvalue weighted by Crippen LogP contribution is 2.39. The van der Waals surface area contributed by atoms with E-state index in [1.807, 2.05) is 12.1 Å². The summed E-state index contributed by atoms with van der Waals surface area (Å²) in [4.78, 5) is 15.8. The molecule has 2 nitrogen and oxygen atoms in total. The fraction of sp³-hybridized carbons (Fsp3) is 0.632. The molecule has 1 aromatic carbocycles. The Balaban J connectivity index is 1.90. The maximum atomic E-state index is 13.3. The van der Waals surface area contributed by atoms with Crippen LogP contribution in [0.5, 0.6) is 0 Å². The lowest BCUT2D eigenvalue weighted by atomic mass is 9.84. The third-order valence-corrected chi connectivity index (χ3v) is 5.41. The number of nitrogens with zero attached hydrogens (tertiary/aromatic N) is 1. The van der Waals surface area contributed by atoms with Crippen molar-refractivity contribution in [3.63, 3.8) is 0 Å². The van der Waals surface area contributed by atoms with E-state index >= 15 is 0 Å². The van der Waals surface area contributed by atoms with Crippen LogP contribution in [-0.4, -0.2) is 29.3 Å². The fourth-order valence-electron chi connectivity index (χ4n) is 4.17. The molecule has 1 aliphatic carbocycles. The second-order valence-corrected chi connectivity index (χ2v) is 6.67. The molecule has 2 heteroatoms. The zero-order valence-corrected chi connectivity index (χ0v) is 13.2. The van der Waals surface area contributed by atoms with E-state index < -0.39 is 0 Å². The van der Waals surface area contributed by atoms with Crippen LogP contribution >= 0.6 is 0 Å². The molecular weight excluding hydrogens is 258 g/mol. The molecule has 2 fully saturated rings. The van der Waals surface area contributed by atoms with Gasteiger partial charge in [0.1, 0.15) is 0 Å². The zero-order chi connectivity index (χ0) is 14.7. The van der Waals surface area contributed by atoms with Crippen molar-refractivity contribution in [1.29, 1.82) is 0 Å². The minimum Gasteiger partial charge on any atom is -0.292 e. The van der Waals surface area contributed by atoms with Crippen molar-refractivity contribution in [2.45, 2.75) is 63.8 Å². The van der Waals surface area contributed by atoms with Crippen LogP contribution in [0.25, 0.3) is 0 Å². The number of aryl methyl sites for hydroxylation is 1. The van der Waals surface area contributed by atoms with Crippen LogP contribution in [-0.2, 0) is 6.42 Å². The van der Waals surface area contributed by atoms with Crippen molar-refractivity contribution >= 4 is 5.78 Å². The molecule has 0 N–H and O–H groups in total. The SMILES string of the molecule is CCc1cccc(C(=O)C2(N3CCCCC3)CCCC2)c1. The number of likely N-dealkylation sites (tertiary alicyclic amines) is 1. The predicted octanol–water partition coefficient (Wildman–Crippen LogP) is 4.23. The molecule has 114 valence electrons. The Hall–Kier alpha value is -1.15. The van der Waals surface area contributed by atoms with Crippen molar-refractivity contribution in [3.8, 4) is 0 Å². The van der Waals surface area contributed by atoms with Gasteiger partial charge in [0.25, 0.3) is 0 Å². The van der Waals surface area contributed by atoms with Gasteiger partial charge < -0.3 is 0 Å². The summed E-state index contributed by atoms with van der Waals surface area (Å²) in [6.45, 7) is 4.37. The summed E-state index contributed by atoms with van der Waals surface area (Å²) in [5.74, 6) is 0.386. The molecule has 3 rings (SSSR count). The van der Waals surface area contributed by atoms with Crippen molar-refractivity contribution in [2.24, 2.45) is 0 Å². The van der Waals surface area contributed by atoms with E-state index in [0.717, 1.165) is 37.9 Å². The number of hydrogen-bond acceptors (Lipinski definition) is 2. The van der Waals surface area contributed by atoms with Crippen molar-refractivity contribution in [1.82, 2.24) is 4.90 Å². The molecule has 0 spiro atoms. The molecular formula is C19H27NO. The van der Waals surface area contributed by atoms with E-state index in [1.165, 1.54) is 37.7 Å². The summed E-state index contributed by atoms with van der Waals surface area (Å²) >= 11 is 0. The number of Topliss-reactive ketones (excluding diaryl/α,β-unsaturated/α-hetero) is 1. The first kappa shape index (κ1) is 14.8. The highest BCUT2D eigenvalue weighted by molar-refractivity contribution is 6.03. The van der Waals surface area contributed by atoms with Crippen LogP contribution in [0.2, 0.25) is 0 Å². The van der Waals surface area contributed by atoms with E-state index in [1.54, 1.807) is 0 Å². The molecule has 1 saturated carbocycles. The minimum absolute atomic E-state index is 0.188. The lowest BCUT2D eigenvalue weighted by molar-refractivity contribution is 0.0477. The third kappa shape index (κ3) is 2.78. The highest BCUT2D eigenvalue weighted by Gasteiger charge is 2.46. The lowest BCUT2D eigenvalue weighted by Crippen LogP contribution is -2.54. The molecule has 0 atom stereocenters. The topological polar surface area (TPSA) is 20.3 Å². The Morgan fingerprint density at radius 2 is 1.81 bits per heavy atom. The molecule has 1 saturated heterocycles. The molecule has 2 aliphatic rings. The average molecular weight is 285 g/mol. The molecule has 1 aliphatic heterocycles. The summed E-state index contributed by atoms with van der Waals surface area (Å²) in [6.07, 6.45) is 9.35. The summed E-state index contributed by atoms with van der Waals surface area (Å²) in [6, 6.07) is 8.31. The maximum Gasteiger partial charge on any atom is 0.183 e. The van der Waals surface area contributed by atoms with Crippen LogP contribution in [0.3, 0.4) is 0 Å². The predicted molar refractivity (Wildman–Crippen MR) is 86.8 cm³/mol. The Kier molecular flexibility index (Phi) is 4.44. The Morgan fingerprint density at radius 1 is 1.10 bits per heavy atom. The van der Waals surface area contributed by atoms with Gasteiger partial charge in [-0.3, -0.25) is 9.69 Å². The van der Waals surface area contributed by atoms with Gasteiger partial charge in [-0.1, -0.05) is 44.4 Å². The first-order chi connectivity index (χ1) is 10.3. The van der Waals surface area contributed by atoms with Gasteiger partial charge in [0.15, 0.2) is 5.78 Å². The highest BCUT2D eigenvalue weighted by atomic mass is 16.1. The van der Waals surface area contributed by atoms with Crippen LogP contribution < -0.4 is 0 Å². The van der Waals surface area contributed by atoms with Crippen LogP contribution in [0, 0.1) is 0 Å². The van der Waals surface area contributed by atoms with Gasteiger partial charge in [-0.2, -0.15) is 0 Å². The van der Waals surface area contributed by atoms with Crippen molar-refractivity contribution < 1.29 is 4.79 Å². The first-order valence-electron chi connectivity index (χ1n) is 8.65. The molecule has 0 bridgehead atoms. The van der Waals surface area contributed by atoms with Crippen LogP contribution in [0.4, 0.5) is 0 Å². The number of rotatable bonds is 4. The largest absolute Gasteiger partial charge is 0.292 e. The van der Waals surface area contributed by atoms with Gasteiger partial charge in [0.05, 0.1) is 5.54 Å². The number of carbonyl (C=O) groups excluding carboxylic acids is 1. The molecule has 21 heavy (non-hydrogen) atoms. The van der Waals surface area contributed by atoms with Gasteiger partial charge >= 0.3 is 0 Å².